The lowest BCUT2D eigenvalue weighted by molar-refractivity contribution is -0.138. The highest BCUT2D eigenvalue weighted by Gasteiger charge is 2.35. The molecule has 0 radical (unpaired) electrons. The van der Waals surface area contributed by atoms with Gasteiger partial charge in [-0.2, -0.15) is 13.2 Å². The summed E-state index contributed by atoms with van der Waals surface area (Å²) in [6, 6.07) is 0. The Balaban J connectivity index is 2.38. The molecule has 0 aromatic carbocycles. The third-order valence-electron chi connectivity index (χ3n) is 1.55. The van der Waals surface area contributed by atoms with Crippen molar-refractivity contribution in [3.05, 3.63) is 5.01 Å². The van der Waals surface area contributed by atoms with Gasteiger partial charge in [0.1, 0.15) is 0 Å². The first-order valence-electron chi connectivity index (χ1n) is 4.34. The van der Waals surface area contributed by atoms with Crippen LogP contribution in [0.4, 0.5) is 18.3 Å². The first kappa shape index (κ1) is 13.4. The molecule has 0 saturated carbocycles. The largest absolute Gasteiger partial charge is 0.445 e. The highest BCUT2D eigenvalue weighted by Crippen LogP contribution is 2.32. The quantitative estimate of drug-likeness (QED) is 0.830. The van der Waals surface area contributed by atoms with Crippen LogP contribution in [0.5, 0.6) is 0 Å². The Morgan fingerprint density at radius 1 is 1.44 bits per heavy atom. The molecule has 0 amide bonds. The maximum absolute atomic E-state index is 12.1. The van der Waals surface area contributed by atoms with Crippen molar-refractivity contribution < 1.29 is 17.4 Å². The summed E-state index contributed by atoms with van der Waals surface area (Å²) in [6.07, 6.45) is -2.25. The van der Waals surface area contributed by atoms with Gasteiger partial charge < -0.3 is 5.32 Å². The zero-order valence-electron chi connectivity index (χ0n) is 8.37. The number of alkyl halides is 3. The van der Waals surface area contributed by atoms with E-state index in [1.165, 1.54) is 0 Å². The minimum absolute atomic E-state index is 0.134. The second-order valence-electron chi connectivity index (χ2n) is 2.97. The average molecular weight is 273 g/mol. The molecule has 0 fully saturated rings. The maximum atomic E-state index is 12.1. The third kappa shape index (κ3) is 4.44. The number of halogens is 3. The Bertz CT molecular complexity index is 366. The summed E-state index contributed by atoms with van der Waals surface area (Å²) in [7, 11) is -0.885. The fourth-order valence-electron chi connectivity index (χ4n) is 0.880. The SMILES string of the molecule is CS(=O)CCCNc1nnc(C(F)(F)F)s1. The van der Waals surface area contributed by atoms with Gasteiger partial charge >= 0.3 is 6.18 Å². The van der Waals surface area contributed by atoms with Gasteiger partial charge in [-0.15, -0.1) is 10.2 Å². The van der Waals surface area contributed by atoms with E-state index in [0.717, 1.165) is 0 Å². The van der Waals surface area contributed by atoms with E-state index in [2.05, 4.69) is 15.5 Å². The molecule has 1 aromatic heterocycles. The topological polar surface area (TPSA) is 54.9 Å². The van der Waals surface area contributed by atoms with Crippen LogP contribution in [0.1, 0.15) is 11.4 Å². The van der Waals surface area contributed by atoms with Crippen molar-refractivity contribution in [2.75, 3.05) is 23.9 Å². The minimum Gasteiger partial charge on any atom is -0.360 e. The number of nitrogens with one attached hydrogen (secondary N) is 1. The van der Waals surface area contributed by atoms with Crippen LogP contribution in [0.3, 0.4) is 0 Å². The van der Waals surface area contributed by atoms with Crippen LogP contribution in [0.25, 0.3) is 0 Å². The van der Waals surface area contributed by atoms with Crippen molar-refractivity contribution in [1.29, 1.82) is 0 Å². The molecule has 92 valence electrons. The lowest BCUT2D eigenvalue weighted by Gasteiger charge is -2.00. The summed E-state index contributed by atoms with van der Waals surface area (Å²) in [5.74, 6) is 0.512. The average Bonchev–Trinajstić information content (AvgIpc) is 2.59. The van der Waals surface area contributed by atoms with E-state index in [1.807, 2.05) is 0 Å². The molecular weight excluding hydrogens is 263 g/mol. The van der Waals surface area contributed by atoms with Crippen LogP contribution >= 0.6 is 11.3 Å². The van der Waals surface area contributed by atoms with Crippen molar-refractivity contribution in [3.63, 3.8) is 0 Å². The highest BCUT2D eigenvalue weighted by molar-refractivity contribution is 7.84. The van der Waals surface area contributed by atoms with Gasteiger partial charge in [0, 0.05) is 29.4 Å². The van der Waals surface area contributed by atoms with Crippen LogP contribution < -0.4 is 5.32 Å². The zero-order valence-corrected chi connectivity index (χ0v) is 10.0. The highest BCUT2D eigenvalue weighted by atomic mass is 32.2. The Morgan fingerprint density at radius 3 is 2.62 bits per heavy atom. The minimum atomic E-state index is -4.44. The Hall–Kier alpha value is -0.700. The summed E-state index contributed by atoms with van der Waals surface area (Å²) >= 11 is 0.464. The fraction of sp³-hybridized carbons (Fsp3) is 0.714. The van der Waals surface area contributed by atoms with Crippen molar-refractivity contribution >= 4 is 27.3 Å². The predicted octanol–water partition coefficient (Wildman–Crippen LogP) is 1.74. The Labute approximate surface area is 96.7 Å². The van der Waals surface area contributed by atoms with E-state index in [0.29, 0.717) is 30.1 Å². The maximum Gasteiger partial charge on any atom is 0.445 e. The molecule has 0 aliphatic carbocycles. The summed E-state index contributed by atoms with van der Waals surface area (Å²) in [4.78, 5) is 0. The molecule has 0 aliphatic rings. The molecule has 1 unspecified atom stereocenters. The number of nitrogens with zero attached hydrogens (tertiary/aromatic N) is 2. The van der Waals surface area contributed by atoms with Gasteiger partial charge in [0.05, 0.1) is 0 Å². The number of anilines is 1. The normalized spacial score (nSPS) is 13.8. The molecule has 4 nitrogen and oxygen atoms in total. The molecule has 0 saturated heterocycles. The lowest BCUT2D eigenvalue weighted by atomic mass is 10.5. The molecule has 9 heteroatoms. The molecule has 16 heavy (non-hydrogen) atoms. The smallest absolute Gasteiger partial charge is 0.360 e. The van der Waals surface area contributed by atoms with Gasteiger partial charge in [0.2, 0.25) is 10.1 Å². The molecule has 0 aliphatic heterocycles. The first-order chi connectivity index (χ1) is 7.39. The van der Waals surface area contributed by atoms with Gasteiger partial charge in [-0.25, -0.2) is 0 Å². The second-order valence-corrected chi connectivity index (χ2v) is 5.50. The second kappa shape index (κ2) is 5.58. The molecule has 0 spiro atoms. The van der Waals surface area contributed by atoms with Crippen LogP contribution in [0.15, 0.2) is 0 Å². The molecule has 1 rings (SSSR count). The zero-order chi connectivity index (χ0) is 12.2. The van der Waals surface area contributed by atoms with E-state index in [4.69, 9.17) is 0 Å². The molecule has 1 N–H and O–H groups in total. The molecule has 1 heterocycles. The van der Waals surface area contributed by atoms with Crippen molar-refractivity contribution in [2.24, 2.45) is 0 Å². The van der Waals surface area contributed by atoms with Crippen LogP contribution in [0, 0.1) is 0 Å². The van der Waals surface area contributed by atoms with Gasteiger partial charge in [0.25, 0.3) is 0 Å². The summed E-state index contributed by atoms with van der Waals surface area (Å²) in [5.41, 5.74) is 0. The van der Waals surface area contributed by atoms with Crippen LogP contribution in [-0.2, 0) is 17.0 Å². The molecule has 1 aromatic rings. The van der Waals surface area contributed by atoms with E-state index in [1.54, 1.807) is 6.26 Å². The van der Waals surface area contributed by atoms with Crippen molar-refractivity contribution in [2.45, 2.75) is 12.6 Å². The first-order valence-corrected chi connectivity index (χ1v) is 6.88. The van der Waals surface area contributed by atoms with E-state index in [-0.39, 0.29) is 5.13 Å². The van der Waals surface area contributed by atoms with Crippen LogP contribution in [-0.4, -0.2) is 33.0 Å². The predicted molar refractivity (Wildman–Crippen MR) is 57.0 cm³/mol. The number of aromatic nitrogens is 2. The van der Waals surface area contributed by atoms with E-state index in [9.17, 15) is 17.4 Å². The monoisotopic (exact) mass is 273 g/mol. The molecule has 1 atom stereocenters. The summed E-state index contributed by atoms with van der Waals surface area (Å²) < 4.78 is 47.1. The summed E-state index contributed by atoms with van der Waals surface area (Å²) in [6.45, 7) is 0.437. The standard InChI is InChI=1S/C7H10F3N3OS2/c1-16(14)4-2-3-11-6-13-12-5(15-6)7(8,9)10/h2-4H2,1H3,(H,11,13). The van der Waals surface area contributed by atoms with Gasteiger partial charge in [-0.1, -0.05) is 11.3 Å². The van der Waals surface area contributed by atoms with Gasteiger partial charge in [-0.05, 0) is 6.42 Å². The van der Waals surface area contributed by atoms with Crippen molar-refractivity contribution in [1.82, 2.24) is 10.2 Å². The summed E-state index contributed by atoms with van der Waals surface area (Å²) in [5, 5.41) is 8.26. The Kier molecular flexibility index (Phi) is 4.66. The lowest BCUT2D eigenvalue weighted by Crippen LogP contribution is -2.05. The van der Waals surface area contributed by atoms with Gasteiger partial charge in [-0.3, -0.25) is 4.21 Å². The molecular formula is C7H10F3N3OS2. The molecule has 0 bridgehead atoms. The number of hydrogen-bond acceptors (Lipinski definition) is 5. The van der Waals surface area contributed by atoms with Crippen LogP contribution in [0.2, 0.25) is 0 Å². The van der Waals surface area contributed by atoms with Gasteiger partial charge in [0.15, 0.2) is 0 Å². The third-order valence-corrected chi connectivity index (χ3v) is 3.34. The van der Waals surface area contributed by atoms with Crippen molar-refractivity contribution in [3.8, 4) is 0 Å². The van der Waals surface area contributed by atoms with E-state index < -0.39 is 22.0 Å². The number of rotatable bonds is 5. The van der Waals surface area contributed by atoms with E-state index >= 15 is 0 Å². The fourth-order valence-corrected chi connectivity index (χ4v) is 2.07. The number of hydrogen-bond donors (Lipinski definition) is 1. The Morgan fingerprint density at radius 2 is 2.12 bits per heavy atom.